The van der Waals surface area contributed by atoms with Crippen LogP contribution in [-0.2, 0) is 4.74 Å². The van der Waals surface area contributed by atoms with Crippen molar-refractivity contribution >= 4 is 34.6 Å². The molecule has 0 spiro atoms. The topological polar surface area (TPSA) is 105 Å². The molecule has 3 aromatic rings. The fourth-order valence-electron chi connectivity index (χ4n) is 5.21. The summed E-state index contributed by atoms with van der Waals surface area (Å²) in [5.41, 5.74) is 3.11. The van der Waals surface area contributed by atoms with Crippen molar-refractivity contribution in [3.8, 4) is 0 Å². The number of aliphatic hydroxyl groups is 1. The van der Waals surface area contributed by atoms with Gasteiger partial charge in [0.25, 0.3) is 5.56 Å². The Hall–Kier alpha value is -3.46. The quantitative estimate of drug-likeness (QED) is 0.472. The molecular formula is C27H34N6O3. The van der Waals surface area contributed by atoms with Crippen LogP contribution in [0.2, 0.25) is 0 Å². The Balaban J connectivity index is 1.46. The molecule has 5 rings (SSSR count). The van der Waals surface area contributed by atoms with Gasteiger partial charge in [-0.15, -0.1) is 0 Å². The molecule has 2 N–H and O–H groups in total. The number of fused-ring (bicyclic) bond motifs is 1. The molecule has 0 amide bonds. The molecule has 9 heteroatoms. The summed E-state index contributed by atoms with van der Waals surface area (Å²) in [7, 11) is 0. The number of aryl methyl sites for hydroxylation is 1. The van der Waals surface area contributed by atoms with Gasteiger partial charge in [0.05, 0.1) is 30.9 Å². The Morgan fingerprint density at radius 3 is 2.61 bits per heavy atom. The highest BCUT2D eigenvalue weighted by Gasteiger charge is 2.24. The van der Waals surface area contributed by atoms with Gasteiger partial charge >= 0.3 is 0 Å². The van der Waals surface area contributed by atoms with Gasteiger partial charge in [-0.3, -0.25) is 9.36 Å². The number of ether oxygens (including phenoxy) is 1. The number of piperidine rings is 1. The third kappa shape index (κ3) is 4.93. The second-order valence-electron chi connectivity index (χ2n) is 9.59. The number of rotatable bonds is 7. The van der Waals surface area contributed by atoms with Crippen LogP contribution in [0, 0.1) is 6.92 Å². The van der Waals surface area contributed by atoms with E-state index < -0.39 is 0 Å². The average Bonchev–Trinajstić information content (AvgIpc) is 3.42. The monoisotopic (exact) mass is 490 g/mol. The summed E-state index contributed by atoms with van der Waals surface area (Å²) >= 11 is 0. The van der Waals surface area contributed by atoms with Crippen LogP contribution in [0.5, 0.6) is 0 Å². The van der Waals surface area contributed by atoms with Crippen molar-refractivity contribution in [2.24, 2.45) is 0 Å². The standard InChI is InChI=1S/C27H34N6O3/c1-3-36-15-12-22-18(2)23-17-29-27(31-25(23)33(26(22)35)19-6-4-5-7-19)30-24-9-8-20(16-28-24)32-13-10-21(34)11-14-32/h8-9,12,15-17,19,21,34H,3-7,10-11,13-14H2,1-2H3,(H,28,29,30,31). The van der Waals surface area contributed by atoms with Crippen LogP contribution < -0.4 is 15.8 Å². The third-order valence-electron chi connectivity index (χ3n) is 7.26. The van der Waals surface area contributed by atoms with E-state index in [9.17, 15) is 9.90 Å². The van der Waals surface area contributed by atoms with Gasteiger partial charge in [-0.1, -0.05) is 12.8 Å². The highest BCUT2D eigenvalue weighted by molar-refractivity contribution is 5.83. The predicted octanol–water partition coefficient (Wildman–Crippen LogP) is 4.32. The lowest BCUT2D eigenvalue weighted by Gasteiger charge is -2.31. The summed E-state index contributed by atoms with van der Waals surface area (Å²) in [5, 5.41) is 13.8. The van der Waals surface area contributed by atoms with Crippen molar-refractivity contribution in [3.63, 3.8) is 0 Å². The summed E-state index contributed by atoms with van der Waals surface area (Å²) in [6.45, 7) is 6.05. The molecule has 0 radical (unpaired) electrons. The third-order valence-corrected chi connectivity index (χ3v) is 7.26. The van der Waals surface area contributed by atoms with Crippen molar-refractivity contribution in [2.45, 2.75) is 64.5 Å². The van der Waals surface area contributed by atoms with Gasteiger partial charge in [-0.05, 0) is 63.3 Å². The molecule has 36 heavy (non-hydrogen) atoms. The van der Waals surface area contributed by atoms with Crippen LogP contribution in [0.4, 0.5) is 17.5 Å². The zero-order valence-electron chi connectivity index (χ0n) is 21.0. The molecule has 1 saturated carbocycles. The fraction of sp³-hybridized carbons (Fsp3) is 0.481. The minimum absolute atomic E-state index is 0.0402. The molecule has 3 aromatic heterocycles. The fourth-order valence-corrected chi connectivity index (χ4v) is 5.21. The SMILES string of the molecule is CCOC=Cc1c(C)c2cnc(Nc3ccc(N4CCC(O)CC4)cn3)nc2n(C2CCCC2)c1=O. The number of hydrogen-bond acceptors (Lipinski definition) is 8. The van der Waals surface area contributed by atoms with Crippen LogP contribution in [0.1, 0.15) is 62.6 Å². The van der Waals surface area contributed by atoms with E-state index in [1.807, 2.05) is 36.7 Å². The van der Waals surface area contributed by atoms with Crippen molar-refractivity contribution in [2.75, 3.05) is 29.9 Å². The van der Waals surface area contributed by atoms with Crippen molar-refractivity contribution in [3.05, 3.63) is 52.3 Å². The summed E-state index contributed by atoms with van der Waals surface area (Å²) < 4.78 is 7.23. The Kier molecular flexibility index (Phi) is 7.18. The van der Waals surface area contributed by atoms with E-state index in [4.69, 9.17) is 9.72 Å². The first kappa shape index (κ1) is 24.2. The zero-order valence-corrected chi connectivity index (χ0v) is 21.0. The Bertz CT molecular complexity index is 1290. The summed E-state index contributed by atoms with van der Waals surface area (Å²) in [4.78, 5) is 29.7. The summed E-state index contributed by atoms with van der Waals surface area (Å²) in [5.74, 6) is 1.05. The van der Waals surface area contributed by atoms with Crippen molar-refractivity contribution < 1.29 is 9.84 Å². The Labute approximate surface area is 210 Å². The average molecular weight is 491 g/mol. The van der Waals surface area contributed by atoms with E-state index in [2.05, 4.69) is 20.2 Å². The Morgan fingerprint density at radius 2 is 1.92 bits per heavy atom. The maximum Gasteiger partial charge on any atom is 0.260 e. The molecule has 4 heterocycles. The molecule has 0 atom stereocenters. The highest BCUT2D eigenvalue weighted by atomic mass is 16.5. The van der Waals surface area contributed by atoms with E-state index in [1.54, 1.807) is 18.5 Å². The number of aliphatic hydroxyl groups excluding tert-OH is 1. The summed E-state index contributed by atoms with van der Waals surface area (Å²) in [6.07, 6.45) is 12.5. The molecule has 2 fully saturated rings. The normalized spacial score (nSPS) is 17.4. The molecule has 1 aliphatic carbocycles. The van der Waals surface area contributed by atoms with Gasteiger partial charge in [0.15, 0.2) is 0 Å². The zero-order chi connectivity index (χ0) is 25.1. The van der Waals surface area contributed by atoms with Crippen LogP contribution in [-0.4, -0.2) is 50.4 Å². The molecule has 9 nitrogen and oxygen atoms in total. The van der Waals surface area contributed by atoms with Gasteiger partial charge in [-0.2, -0.15) is 4.98 Å². The first-order valence-electron chi connectivity index (χ1n) is 12.9. The first-order valence-corrected chi connectivity index (χ1v) is 12.9. The van der Waals surface area contributed by atoms with Crippen molar-refractivity contribution in [1.29, 1.82) is 0 Å². The number of nitrogens with one attached hydrogen (secondary N) is 1. The minimum atomic E-state index is -0.206. The number of nitrogens with zero attached hydrogens (tertiary/aromatic N) is 5. The lowest BCUT2D eigenvalue weighted by molar-refractivity contribution is 0.145. The molecule has 190 valence electrons. The van der Waals surface area contributed by atoms with Gasteiger partial charge in [0.1, 0.15) is 11.5 Å². The minimum Gasteiger partial charge on any atom is -0.501 e. The molecule has 0 bridgehead atoms. The molecule has 0 aromatic carbocycles. The van der Waals surface area contributed by atoms with Crippen LogP contribution in [0.3, 0.4) is 0 Å². The first-order chi connectivity index (χ1) is 17.5. The second-order valence-corrected chi connectivity index (χ2v) is 9.59. The molecule has 1 saturated heterocycles. The smallest absolute Gasteiger partial charge is 0.260 e. The van der Waals surface area contributed by atoms with Crippen LogP contribution in [0.15, 0.2) is 35.6 Å². The lowest BCUT2D eigenvalue weighted by Crippen LogP contribution is -2.35. The molecule has 0 unspecified atom stereocenters. The van der Waals surface area contributed by atoms with Crippen molar-refractivity contribution in [1.82, 2.24) is 19.5 Å². The van der Waals surface area contributed by atoms with E-state index in [-0.39, 0.29) is 17.7 Å². The Morgan fingerprint density at radius 1 is 1.14 bits per heavy atom. The molecule has 2 aliphatic rings. The number of aromatic nitrogens is 4. The highest BCUT2D eigenvalue weighted by Crippen LogP contribution is 2.32. The van der Waals surface area contributed by atoms with E-state index >= 15 is 0 Å². The van der Waals surface area contributed by atoms with Gasteiger partial charge in [-0.25, -0.2) is 9.97 Å². The molecular weight excluding hydrogens is 456 g/mol. The van der Waals surface area contributed by atoms with Gasteiger partial charge in [0.2, 0.25) is 5.95 Å². The van der Waals surface area contributed by atoms with E-state index in [1.165, 1.54) is 0 Å². The second kappa shape index (κ2) is 10.7. The van der Waals surface area contributed by atoms with E-state index in [0.717, 1.165) is 68.3 Å². The number of anilines is 3. The van der Waals surface area contributed by atoms with Gasteiger partial charge < -0.3 is 20.1 Å². The predicted molar refractivity (Wildman–Crippen MR) is 142 cm³/mol. The van der Waals surface area contributed by atoms with E-state index in [0.29, 0.717) is 29.6 Å². The number of pyridine rings is 2. The maximum absolute atomic E-state index is 13.6. The van der Waals surface area contributed by atoms with Crippen LogP contribution >= 0.6 is 0 Å². The molecule has 1 aliphatic heterocycles. The largest absolute Gasteiger partial charge is 0.501 e. The van der Waals surface area contributed by atoms with Crippen LogP contribution in [0.25, 0.3) is 17.1 Å². The number of hydrogen-bond donors (Lipinski definition) is 2. The lowest BCUT2D eigenvalue weighted by atomic mass is 10.1. The van der Waals surface area contributed by atoms with Gasteiger partial charge in [0, 0.05) is 36.3 Å². The maximum atomic E-state index is 13.6. The summed E-state index contributed by atoms with van der Waals surface area (Å²) in [6, 6.07) is 4.05.